The molecule has 0 aromatic heterocycles. The highest BCUT2D eigenvalue weighted by Crippen LogP contribution is 2.54. The molecular formula is C35H25F3N2O4. The molecule has 2 fully saturated rings. The standard InChI is InChI=1S/C35H25F3N2O4/c36-35(37,38)24-15-9-16-25(20-24)40-32(41)27-28(33(40)42)30(39-19-18-21-10-7-8-17-26(21)29(27)39)34(43)44-31(22-11-3-1-4-12-22)23-13-5-2-6-14-23/h1-20,27-31H/t27-,28+,29+,30+/m0/s1. The molecule has 0 aliphatic carbocycles. The van der Waals surface area contributed by atoms with Gasteiger partial charge in [-0.05, 0) is 46.5 Å². The highest BCUT2D eigenvalue weighted by atomic mass is 19.4. The van der Waals surface area contributed by atoms with E-state index in [9.17, 15) is 27.6 Å². The van der Waals surface area contributed by atoms with Crippen LogP contribution >= 0.6 is 0 Å². The number of ether oxygens (including phenoxy) is 1. The topological polar surface area (TPSA) is 66.9 Å². The van der Waals surface area contributed by atoms with Gasteiger partial charge in [0.1, 0.15) is 6.04 Å². The fraction of sp³-hybridized carbons (Fsp3) is 0.171. The van der Waals surface area contributed by atoms with Crippen molar-refractivity contribution in [2.24, 2.45) is 11.8 Å². The number of benzene rings is 4. The summed E-state index contributed by atoms with van der Waals surface area (Å²) >= 11 is 0. The van der Waals surface area contributed by atoms with Gasteiger partial charge in [-0.1, -0.05) is 91.0 Å². The Morgan fingerprint density at radius 3 is 2.02 bits per heavy atom. The van der Waals surface area contributed by atoms with Crippen molar-refractivity contribution in [2.45, 2.75) is 24.4 Å². The van der Waals surface area contributed by atoms with Gasteiger partial charge in [0.15, 0.2) is 6.10 Å². The Kier molecular flexibility index (Phi) is 6.61. The Labute approximate surface area is 251 Å². The Morgan fingerprint density at radius 2 is 1.36 bits per heavy atom. The quantitative estimate of drug-likeness (QED) is 0.194. The second-order valence-corrected chi connectivity index (χ2v) is 11.0. The second-order valence-electron chi connectivity index (χ2n) is 11.0. The van der Waals surface area contributed by atoms with Gasteiger partial charge < -0.3 is 9.64 Å². The first-order chi connectivity index (χ1) is 21.2. The van der Waals surface area contributed by atoms with Crippen molar-refractivity contribution in [1.82, 2.24) is 4.90 Å². The van der Waals surface area contributed by atoms with Crippen molar-refractivity contribution in [3.63, 3.8) is 0 Å². The van der Waals surface area contributed by atoms with Crippen molar-refractivity contribution >= 4 is 29.5 Å². The van der Waals surface area contributed by atoms with E-state index in [-0.39, 0.29) is 5.69 Å². The molecule has 2 amide bonds. The monoisotopic (exact) mass is 594 g/mol. The number of alkyl halides is 3. The molecule has 4 aromatic rings. The SMILES string of the molecule is O=C(OC(c1ccccc1)c1ccccc1)[C@H]1[C@@H]2C(=O)N(c3cccc(C(F)(F)F)c3)C(=O)[C@@H]2[C@H]2c3ccccc3C=CN21. The number of rotatable bonds is 5. The van der Waals surface area contributed by atoms with Crippen molar-refractivity contribution in [1.29, 1.82) is 0 Å². The van der Waals surface area contributed by atoms with Crippen molar-refractivity contribution in [3.05, 3.63) is 143 Å². The third-order valence-electron chi connectivity index (χ3n) is 8.57. The lowest BCUT2D eigenvalue weighted by molar-refractivity contribution is -0.155. The summed E-state index contributed by atoms with van der Waals surface area (Å²) < 4.78 is 46.9. The smallest absolute Gasteiger partial charge is 0.416 e. The largest absolute Gasteiger partial charge is 0.451 e. The molecule has 4 aromatic carbocycles. The lowest BCUT2D eigenvalue weighted by atomic mass is 9.84. The maximum Gasteiger partial charge on any atom is 0.416 e. The van der Waals surface area contributed by atoms with Gasteiger partial charge in [0.2, 0.25) is 11.8 Å². The first kappa shape index (κ1) is 27.6. The van der Waals surface area contributed by atoms with E-state index in [2.05, 4.69) is 0 Å². The molecule has 0 unspecified atom stereocenters. The van der Waals surface area contributed by atoms with Crippen LogP contribution in [0.2, 0.25) is 0 Å². The van der Waals surface area contributed by atoms with Gasteiger partial charge in [-0.3, -0.25) is 9.59 Å². The molecule has 44 heavy (non-hydrogen) atoms. The molecule has 6 nitrogen and oxygen atoms in total. The van der Waals surface area contributed by atoms with Crippen LogP contribution in [-0.4, -0.2) is 28.7 Å². The van der Waals surface area contributed by atoms with Crippen LogP contribution in [0.5, 0.6) is 0 Å². The zero-order valence-electron chi connectivity index (χ0n) is 23.1. The minimum Gasteiger partial charge on any atom is -0.451 e. The van der Waals surface area contributed by atoms with Crippen LogP contribution in [0.3, 0.4) is 0 Å². The van der Waals surface area contributed by atoms with Gasteiger partial charge in [0.25, 0.3) is 0 Å². The van der Waals surface area contributed by atoms with E-state index >= 15 is 0 Å². The van der Waals surface area contributed by atoms with E-state index in [0.717, 1.165) is 45.4 Å². The third kappa shape index (κ3) is 4.47. The number of nitrogens with zero attached hydrogens (tertiary/aromatic N) is 2. The average molecular weight is 595 g/mol. The van der Waals surface area contributed by atoms with Gasteiger partial charge in [0, 0.05) is 6.20 Å². The van der Waals surface area contributed by atoms with Crippen molar-refractivity contribution in [2.75, 3.05) is 4.90 Å². The summed E-state index contributed by atoms with van der Waals surface area (Å²) in [7, 11) is 0. The Hall–Kier alpha value is -5.18. The van der Waals surface area contributed by atoms with Gasteiger partial charge in [0.05, 0.1) is 29.1 Å². The molecule has 0 radical (unpaired) electrons. The molecule has 0 saturated carbocycles. The van der Waals surface area contributed by atoms with Crippen LogP contribution in [0.1, 0.15) is 40.0 Å². The van der Waals surface area contributed by atoms with E-state index in [1.54, 1.807) is 11.1 Å². The third-order valence-corrected chi connectivity index (χ3v) is 8.57. The van der Waals surface area contributed by atoms with Crippen LogP contribution < -0.4 is 4.90 Å². The van der Waals surface area contributed by atoms with E-state index in [1.807, 2.05) is 91.0 Å². The molecule has 0 spiro atoms. The summed E-state index contributed by atoms with van der Waals surface area (Å²) in [5.74, 6) is -4.31. The summed E-state index contributed by atoms with van der Waals surface area (Å²) in [5, 5.41) is 0. The summed E-state index contributed by atoms with van der Waals surface area (Å²) in [6.45, 7) is 0. The lowest BCUT2D eigenvalue weighted by Crippen LogP contribution is -2.45. The number of carbonyl (C=O) groups excluding carboxylic acids is 3. The first-order valence-corrected chi connectivity index (χ1v) is 14.1. The number of hydrogen-bond donors (Lipinski definition) is 0. The molecule has 3 aliphatic rings. The first-order valence-electron chi connectivity index (χ1n) is 14.1. The second kappa shape index (κ2) is 10.5. The van der Waals surface area contributed by atoms with Gasteiger partial charge in [-0.2, -0.15) is 13.2 Å². The number of hydrogen-bond acceptors (Lipinski definition) is 5. The normalized spacial score (nSPS) is 22.2. The van der Waals surface area contributed by atoms with Crippen LogP contribution in [0.15, 0.2) is 115 Å². The molecule has 3 aliphatic heterocycles. The predicted octanol–water partition coefficient (Wildman–Crippen LogP) is 6.55. The number of fused-ring (bicyclic) bond motifs is 5. The van der Waals surface area contributed by atoms with E-state index in [0.29, 0.717) is 0 Å². The van der Waals surface area contributed by atoms with Crippen molar-refractivity contribution < 1.29 is 32.3 Å². The fourth-order valence-electron chi connectivity index (χ4n) is 6.67. The Morgan fingerprint density at radius 1 is 0.750 bits per heavy atom. The summed E-state index contributed by atoms with van der Waals surface area (Å²) in [4.78, 5) is 45.0. The van der Waals surface area contributed by atoms with Crippen LogP contribution in [-0.2, 0) is 25.3 Å². The zero-order chi connectivity index (χ0) is 30.6. The molecule has 7 rings (SSSR count). The molecule has 2 saturated heterocycles. The zero-order valence-corrected chi connectivity index (χ0v) is 23.1. The highest BCUT2D eigenvalue weighted by molar-refractivity contribution is 6.24. The summed E-state index contributed by atoms with van der Waals surface area (Å²) in [6.07, 6.45) is -1.95. The fourth-order valence-corrected chi connectivity index (χ4v) is 6.67. The molecule has 0 bridgehead atoms. The molecule has 4 atom stereocenters. The van der Waals surface area contributed by atoms with Gasteiger partial charge >= 0.3 is 12.1 Å². The maximum absolute atomic E-state index is 14.3. The van der Waals surface area contributed by atoms with Gasteiger partial charge in [-0.15, -0.1) is 0 Å². The number of anilines is 1. The number of halogens is 3. The Bertz CT molecular complexity index is 1750. The van der Waals surface area contributed by atoms with Crippen LogP contribution in [0.4, 0.5) is 18.9 Å². The van der Waals surface area contributed by atoms with Gasteiger partial charge in [-0.25, -0.2) is 9.69 Å². The highest BCUT2D eigenvalue weighted by Gasteiger charge is 2.65. The lowest BCUT2D eigenvalue weighted by Gasteiger charge is -2.35. The number of esters is 1. The number of imide groups is 1. The summed E-state index contributed by atoms with van der Waals surface area (Å²) in [6, 6.07) is 28.0. The predicted molar refractivity (Wildman–Crippen MR) is 156 cm³/mol. The molecule has 0 N–H and O–H groups in total. The van der Waals surface area contributed by atoms with E-state index in [1.165, 1.54) is 6.07 Å². The molecule has 3 heterocycles. The minimum absolute atomic E-state index is 0.186. The number of amides is 2. The minimum atomic E-state index is -4.67. The Balaban J connectivity index is 1.31. The molecule has 220 valence electrons. The van der Waals surface area contributed by atoms with E-state index in [4.69, 9.17) is 4.74 Å². The van der Waals surface area contributed by atoms with Crippen LogP contribution in [0, 0.1) is 11.8 Å². The molecule has 9 heteroatoms. The number of carbonyl (C=O) groups is 3. The van der Waals surface area contributed by atoms with Crippen LogP contribution in [0.25, 0.3) is 6.08 Å². The molecular weight excluding hydrogens is 569 g/mol. The van der Waals surface area contributed by atoms with Crippen molar-refractivity contribution in [3.8, 4) is 0 Å². The average Bonchev–Trinajstić information content (AvgIpc) is 3.52. The maximum atomic E-state index is 14.3. The summed E-state index contributed by atoms with van der Waals surface area (Å²) in [5.41, 5.74) is 1.84. The van der Waals surface area contributed by atoms with E-state index < -0.39 is 59.5 Å².